The van der Waals surface area contributed by atoms with Gasteiger partial charge in [-0.25, -0.2) is 0 Å². The molecule has 0 spiro atoms. The van der Waals surface area contributed by atoms with Crippen molar-refractivity contribution in [3.63, 3.8) is 0 Å². The standard InChI is InChI=1S/C12H25N3O2/c1-6-14-12(4,5)11(17)13-9-10(16)15(7-2)8-3/h14H,6-9H2,1-5H3,(H,13,17). The molecule has 0 aromatic rings. The second-order valence-electron chi connectivity index (χ2n) is 4.40. The minimum atomic E-state index is -0.641. The second kappa shape index (κ2) is 7.27. The molecule has 0 aliphatic heterocycles. The molecule has 0 bridgehead atoms. The molecular formula is C12H25N3O2. The fraction of sp³-hybridized carbons (Fsp3) is 0.833. The first kappa shape index (κ1) is 15.9. The van der Waals surface area contributed by atoms with Gasteiger partial charge in [0.15, 0.2) is 0 Å². The van der Waals surface area contributed by atoms with Crippen molar-refractivity contribution in [3.05, 3.63) is 0 Å². The summed E-state index contributed by atoms with van der Waals surface area (Å²) in [6.07, 6.45) is 0. The van der Waals surface area contributed by atoms with E-state index in [2.05, 4.69) is 10.6 Å². The number of carbonyl (C=O) groups is 2. The summed E-state index contributed by atoms with van der Waals surface area (Å²) in [6.45, 7) is 11.5. The third-order valence-electron chi connectivity index (χ3n) is 2.70. The first-order valence-corrected chi connectivity index (χ1v) is 6.20. The molecule has 0 unspecified atom stereocenters. The Bertz CT molecular complexity index is 260. The zero-order chi connectivity index (χ0) is 13.5. The van der Waals surface area contributed by atoms with E-state index in [1.54, 1.807) is 18.7 Å². The van der Waals surface area contributed by atoms with Gasteiger partial charge in [-0.15, -0.1) is 0 Å². The number of hydrogen-bond donors (Lipinski definition) is 2. The first-order chi connectivity index (χ1) is 7.88. The van der Waals surface area contributed by atoms with Crippen LogP contribution < -0.4 is 10.6 Å². The molecule has 0 heterocycles. The van der Waals surface area contributed by atoms with Gasteiger partial charge in [-0.3, -0.25) is 9.59 Å². The summed E-state index contributed by atoms with van der Waals surface area (Å²) in [7, 11) is 0. The molecular weight excluding hydrogens is 218 g/mol. The highest BCUT2D eigenvalue weighted by Crippen LogP contribution is 2.01. The minimum absolute atomic E-state index is 0.0457. The van der Waals surface area contributed by atoms with Crippen LogP contribution in [0.15, 0.2) is 0 Å². The smallest absolute Gasteiger partial charge is 0.241 e. The molecule has 0 fully saturated rings. The van der Waals surface area contributed by atoms with Crippen LogP contribution >= 0.6 is 0 Å². The van der Waals surface area contributed by atoms with E-state index in [-0.39, 0.29) is 18.4 Å². The van der Waals surface area contributed by atoms with E-state index >= 15 is 0 Å². The van der Waals surface area contributed by atoms with Gasteiger partial charge in [0.05, 0.1) is 12.1 Å². The molecule has 0 aromatic heterocycles. The van der Waals surface area contributed by atoms with Gasteiger partial charge in [0.2, 0.25) is 11.8 Å². The molecule has 0 aromatic carbocycles. The number of nitrogens with zero attached hydrogens (tertiary/aromatic N) is 1. The summed E-state index contributed by atoms with van der Waals surface area (Å²) in [5, 5.41) is 5.73. The van der Waals surface area contributed by atoms with Gasteiger partial charge in [0.25, 0.3) is 0 Å². The predicted octanol–water partition coefficient (Wildman–Crippen LogP) is 0.359. The van der Waals surface area contributed by atoms with Crippen LogP contribution in [0.2, 0.25) is 0 Å². The molecule has 2 N–H and O–H groups in total. The zero-order valence-electron chi connectivity index (χ0n) is 11.6. The van der Waals surface area contributed by atoms with Crippen molar-refractivity contribution in [2.75, 3.05) is 26.2 Å². The molecule has 0 rings (SSSR count). The van der Waals surface area contributed by atoms with E-state index in [1.165, 1.54) is 0 Å². The number of likely N-dealkylation sites (N-methyl/N-ethyl adjacent to an activating group) is 2. The normalized spacial score (nSPS) is 11.1. The minimum Gasteiger partial charge on any atom is -0.345 e. The van der Waals surface area contributed by atoms with Gasteiger partial charge in [-0.2, -0.15) is 0 Å². The van der Waals surface area contributed by atoms with Crippen molar-refractivity contribution < 1.29 is 9.59 Å². The number of rotatable bonds is 7. The average Bonchev–Trinajstić information content (AvgIpc) is 2.27. The fourth-order valence-electron chi connectivity index (χ4n) is 1.59. The molecule has 17 heavy (non-hydrogen) atoms. The van der Waals surface area contributed by atoms with Crippen LogP contribution in [0.3, 0.4) is 0 Å². The van der Waals surface area contributed by atoms with Crippen LogP contribution in [0, 0.1) is 0 Å². The quantitative estimate of drug-likeness (QED) is 0.678. The Morgan fingerprint density at radius 2 is 1.65 bits per heavy atom. The summed E-state index contributed by atoms with van der Waals surface area (Å²) >= 11 is 0. The third-order valence-corrected chi connectivity index (χ3v) is 2.70. The summed E-state index contributed by atoms with van der Waals surface area (Å²) < 4.78 is 0. The van der Waals surface area contributed by atoms with E-state index in [0.29, 0.717) is 19.6 Å². The van der Waals surface area contributed by atoms with E-state index in [1.807, 2.05) is 20.8 Å². The van der Waals surface area contributed by atoms with Crippen LogP contribution in [-0.4, -0.2) is 48.4 Å². The second-order valence-corrected chi connectivity index (χ2v) is 4.40. The van der Waals surface area contributed by atoms with Crippen molar-refractivity contribution in [2.45, 2.75) is 40.2 Å². The van der Waals surface area contributed by atoms with Crippen LogP contribution in [0.5, 0.6) is 0 Å². The lowest BCUT2D eigenvalue weighted by Crippen LogP contribution is -2.54. The highest BCUT2D eigenvalue weighted by Gasteiger charge is 2.26. The predicted molar refractivity (Wildman–Crippen MR) is 68.7 cm³/mol. The zero-order valence-corrected chi connectivity index (χ0v) is 11.6. The molecule has 0 radical (unpaired) electrons. The van der Waals surface area contributed by atoms with E-state index in [4.69, 9.17) is 0 Å². The largest absolute Gasteiger partial charge is 0.345 e. The van der Waals surface area contributed by atoms with Crippen molar-refractivity contribution in [3.8, 4) is 0 Å². The highest BCUT2D eigenvalue weighted by molar-refractivity contribution is 5.89. The van der Waals surface area contributed by atoms with Gasteiger partial charge in [-0.05, 0) is 34.2 Å². The third kappa shape index (κ3) is 5.17. The Labute approximate surface area is 104 Å². The molecule has 0 saturated heterocycles. The lowest BCUT2D eigenvalue weighted by molar-refractivity contribution is -0.134. The summed E-state index contributed by atoms with van der Waals surface area (Å²) in [6, 6.07) is 0. The maximum atomic E-state index is 11.8. The average molecular weight is 243 g/mol. The number of carbonyl (C=O) groups excluding carboxylic acids is 2. The van der Waals surface area contributed by atoms with Gasteiger partial charge in [-0.1, -0.05) is 6.92 Å². The van der Waals surface area contributed by atoms with Gasteiger partial charge < -0.3 is 15.5 Å². The molecule has 100 valence electrons. The van der Waals surface area contributed by atoms with Crippen molar-refractivity contribution >= 4 is 11.8 Å². The van der Waals surface area contributed by atoms with Crippen molar-refractivity contribution in [1.29, 1.82) is 0 Å². The van der Waals surface area contributed by atoms with E-state index in [0.717, 1.165) is 0 Å². The summed E-state index contributed by atoms with van der Waals surface area (Å²) in [5.41, 5.74) is -0.641. The van der Waals surface area contributed by atoms with Crippen LogP contribution in [0.25, 0.3) is 0 Å². The fourth-order valence-corrected chi connectivity index (χ4v) is 1.59. The van der Waals surface area contributed by atoms with Crippen LogP contribution in [-0.2, 0) is 9.59 Å². The van der Waals surface area contributed by atoms with Crippen molar-refractivity contribution in [2.24, 2.45) is 0 Å². The number of hydrogen-bond acceptors (Lipinski definition) is 3. The van der Waals surface area contributed by atoms with Gasteiger partial charge >= 0.3 is 0 Å². The molecule has 0 aliphatic rings. The molecule has 0 atom stereocenters. The first-order valence-electron chi connectivity index (χ1n) is 6.20. The Morgan fingerprint density at radius 1 is 1.12 bits per heavy atom. The van der Waals surface area contributed by atoms with E-state index in [9.17, 15) is 9.59 Å². The molecule has 5 nitrogen and oxygen atoms in total. The lowest BCUT2D eigenvalue weighted by atomic mass is 10.0. The monoisotopic (exact) mass is 243 g/mol. The summed E-state index contributed by atoms with van der Waals surface area (Å²) in [4.78, 5) is 25.2. The number of nitrogens with one attached hydrogen (secondary N) is 2. The SMILES string of the molecule is CCNC(C)(C)C(=O)NCC(=O)N(CC)CC. The molecule has 5 heteroatoms. The Hall–Kier alpha value is -1.10. The maximum absolute atomic E-state index is 11.8. The van der Waals surface area contributed by atoms with Gasteiger partial charge in [0.1, 0.15) is 0 Å². The molecule has 2 amide bonds. The lowest BCUT2D eigenvalue weighted by Gasteiger charge is -2.25. The maximum Gasteiger partial charge on any atom is 0.241 e. The Balaban J connectivity index is 4.20. The summed E-state index contributed by atoms with van der Waals surface area (Å²) in [5.74, 6) is -0.199. The van der Waals surface area contributed by atoms with Gasteiger partial charge in [0, 0.05) is 13.1 Å². The van der Waals surface area contributed by atoms with Crippen LogP contribution in [0.1, 0.15) is 34.6 Å². The highest BCUT2D eigenvalue weighted by atomic mass is 16.2. The van der Waals surface area contributed by atoms with Crippen LogP contribution in [0.4, 0.5) is 0 Å². The Kier molecular flexibility index (Phi) is 6.80. The number of amides is 2. The Morgan fingerprint density at radius 3 is 2.06 bits per heavy atom. The topological polar surface area (TPSA) is 61.4 Å². The molecule has 0 aliphatic carbocycles. The van der Waals surface area contributed by atoms with E-state index < -0.39 is 5.54 Å². The van der Waals surface area contributed by atoms with Crippen molar-refractivity contribution in [1.82, 2.24) is 15.5 Å². The molecule has 0 saturated carbocycles.